The second-order valence-corrected chi connectivity index (χ2v) is 7.40. The van der Waals surface area contributed by atoms with Crippen molar-refractivity contribution in [3.63, 3.8) is 0 Å². The average Bonchev–Trinajstić information content (AvgIpc) is 2.63. The van der Waals surface area contributed by atoms with Crippen LogP contribution in [0, 0.1) is 5.82 Å². The first-order valence-corrected chi connectivity index (χ1v) is 10.1. The lowest BCUT2D eigenvalue weighted by atomic mass is 10.1. The average molecular weight is 399 g/mol. The molecule has 0 aliphatic carbocycles. The Bertz CT molecular complexity index is 838. The molecule has 8 heteroatoms. The highest BCUT2D eigenvalue weighted by molar-refractivity contribution is 7.89. The molecule has 0 unspecified atom stereocenters. The summed E-state index contributed by atoms with van der Waals surface area (Å²) in [5.74, 6) is 0.621. The summed E-state index contributed by atoms with van der Waals surface area (Å²) < 4.78 is 43.2. The minimum Gasteiger partial charge on any atom is -0.494 e. The first kappa shape index (κ1) is 20.2. The highest BCUT2D eigenvalue weighted by atomic mass is 35.5. The Hall–Kier alpha value is -2.12. The molecule has 0 saturated carbocycles. The Morgan fingerprint density at radius 1 is 1.15 bits per heavy atom. The van der Waals surface area contributed by atoms with Crippen molar-refractivity contribution in [3.8, 4) is 5.75 Å². The van der Waals surface area contributed by atoms with E-state index >= 15 is 0 Å². The van der Waals surface area contributed by atoms with Gasteiger partial charge in [-0.3, -0.25) is 0 Å². The van der Waals surface area contributed by atoms with Gasteiger partial charge in [-0.05, 0) is 61.7 Å². The van der Waals surface area contributed by atoms with Crippen molar-refractivity contribution in [1.29, 1.82) is 0 Å². The van der Waals surface area contributed by atoms with Gasteiger partial charge in [0.2, 0.25) is 0 Å². The summed E-state index contributed by atoms with van der Waals surface area (Å²) in [6.07, 6.45) is 1.07. The van der Waals surface area contributed by atoms with Crippen LogP contribution in [-0.2, 0) is 10.0 Å². The van der Waals surface area contributed by atoms with Crippen molar-refractivity contribution in [3.05, 3.63) is 59.9 Å². The third-order valence-electron chi connectivity index (χ3n) is 3.47. The molecule has 140 valence electrons. The number of ether oxygens (including phenoxy) is 1. The zero-order valence-electron chi connectivity index (χ0n) is 14.3. The van der Waals surface area contributed by atoms with Crippen LogP contribution < -0.4 is 9.57 Å². The maximum Gasteiger partial charge on any atom is 0.276 e. The first-order chi connectivity index (χ1) is 12.5. The second kappa shape index (κ2) is 9.54. The highest BCUT2D eigenvalue weighted by Crippen LogP contribution is 2.16. The molecule has 0 aromatic heterocycles. The third kappa shape index (κ3) is 5.71. The molecule has 2 aromatic rings. The van der Waals surface area contributed by atoms with Crippen LogP contribution in [0.15, 0.2) is 58.5 Å². The monoisotopic (exact) mass is 398 g/mol. The van der Waals surface area contributed by atoms with E-state index in [-0.39, 0.29) is 10.7 Å². The molecule has 0 aliphatic heterocycles. The molecular weight excluding hydrogens is 379 g/mol. The van der Waals surface area contributed by atoms with Crippen LogP contribution in [0.2, 0.25) is 0 Å². The summed E-state index contributed by atoms with van der Waals surface area (Å²) in [4.78, 5) is 2.30. The third-order valence-corrected chi connectivity index (χ3v) is 4.96. The molecule has 5 nitrogen and oxygen atoms in total. The summed E-state index contributed by atoms with van der Waals surface area (Å²) in [6.45, 7) is 2.34. The van der Waals surface area contributed by atoms with Crippen LogP contribution in [0.3, 0.4) is 0 Å². The molecule has 0 spiro atoms. The standard InChI is InChI=1S/C18H20ClFN2O3S/c1-2-25-16-9-11-17(12-10-16)26(23,24)22-21-18(4-3-13-19)14-5-7-15(20)8-6-14/h5-12,22H,2-4,13H2,1H3/b21-18+. The minimum absolute atomic E-state index is 0.0699. The zero-order valence-corrected chi connectivity index (χ0v) is 15.9. The second-order valence-electron chi connectivity index (χ2n) is 5.36. The van der Waals surface area contributed by atoms with Gasteiger partial charge in [-0.1, -0.05) is 12.1 Å². The number of nitrogens with one attached hydrogen (secondary N) is 1. The van der Waals surface area contributed by atoms with E-state index in [9.17, 15) is 12.8 Å². The fourth-order valence-corrected chi connectivity index (χ4v) is 3.15. The number of hydrogen-bond acceptors (Lipinski definition) is 4. The molecule has 2 rings (SSSR count). The maximum absolute atomic E-state index is 13.1. The SMILES string of the molecule is CCOc1ccc(S(=O)(=O)N/N=C(\CCCCl)c2ccc(F)cc2)cc1. The Balaban J connectivity index is 2.21. The number of benzene rings is 2. The van der Waals surface area contributed by atoms with Crippen LogP contribution in [0.4, 0.5) is 4.39 Å². The summed E-state index contributed by atoms with van der Waals surface area (Å²) in [5.41, 5.74) is 1.12. The van der Waals surface area contributed by atoms with Gasteiger partial charge in [0.15, 0.2) is 0 Å². The van der Waals surface area contributed by atoms with Gasteiger partial charge < -0.3 is 4.74 Å². The van der Waals surface area contributed by atoms with Crippen LogP contribution in [0.25, 0.3) is 0 Å². The highest BCUT2D eigenvalue weighted by Gasteiger charge is 2.14. The number of hydrazone groups is 1. The van der Waals surface area contributed by atoms with Crippen molar-refractivity contribution < 1.29 is 17.5 Å². The Morgan fingerprint density at radius 3 is 2.38 bits per heavy atom. The molecule has 2 aromatic carbocycles. The predicted octanol–water partition coefficient (Wildman–Crippen LogP) is 3.93. The van der Waals surface area contributed by atoms with Crippen LogP contribution in [-0.4, -0.2) is 26.6 Å². The summed E-state index contributed by atoms with van der Waals surface area (Å²) in [5, 5.41) is 4.03. The number of hydrogen-bond donors (Lipinski definition) is 1. The number of alkyl halides is 1. The summed E-state index contributed by atoms with van der Waals surface area (Å²) in [7, 11) is -3.83. The fraction of sp³-hybridized carbons (Fsp3) is 0.278. The van der Waals surface area contributed by atoms with E-state index in [4.69, 9.17) is 16.3 Å². The van der Waals surface area contributed by atoms with Gasteiger partial charge >= 0.3 is 0 Å². The molecule has 0 atom stereocenters. The smallest absolute Gasteiger partial charge is 0.276 e. The van der Waals surface area contributed by atoms with Crippen LogP contribution in [0.1, 0.15) is 25.3 Å². The number of nitrogens with zero attached hydrogens (tertiary/aromatic N) is 1. The molecule has 0 amide bonds. The zero-order chi connectivity index (χ0) is 19.0. The van der Waals surface area contributed by atoms with Gasteiger partial charge in [0, 0.05) is 5.88 Å². The van der Waals surface area contributed by atoms with E-state index in [2.05, 4.69) is 9.93 Å². The molecule has 0 saturated heterocycles. The van der Waals surface area contributed by atoms with Crippen molar-refractivity contribution in [2.24, 2.45) is 5.10 Å². The lowest BCUT2D eigenvalue weighted by Crippen LogP contribution is -2.20. The first-order valence-electron chi connectivity index (χ1n) is 8.09. The van der Waals surface area contributed by atoms with Gasteiger partial charge in [-0.25, -0.2) is 4.39 Å². The van der Waals surface area contributed by atoms with Crippen LogP contribution in [0.5, 0.6) is 5.75 Å². The quantitative estimate of drug-likeness (QED) is 0.395. The number of rotatable bonds is 9. The number of halogens is 2. The largest absolute Gasteiger partial charge is 0.494 e. The van der Waals surface area contributed by atoms with E-state index in [1.807, 2.05) is 6.92 Å². The topological polar surface area (TPSA) is 67.8 Å². The van der Waals surface area contributed by atoms with E-state index in [1.54, 1.807) is 24.3 Å². The van der Waals surface area contributed by atoms with Gasteiger partial charge in [-0.2, -0.15) is 18.4 Å². The molecule has 1 N–H and O–H groups in total. The Morgan fingerprint density at radius 2 is 1.81 bits per heavy atom. The van der Waals surface area contributed by atoms with Gasteiger partial charge in [0.05, 0.1) is 17.2 Å². The van der Waals surface area contributed by atoms with Crippen molar-refractivity contribution in [2.45, 2.75) is 24.7 Å². The van der Waals surface area contributed by atoms with Gasteiger partial charge in [0.25, 0.3) is 10.0 Å². The lowest BCUT2D eigenvalue weighted by Gasteiger charge is -2.09. The molecule has 0 bridgehead atoms. The van der Waals surface area contributed by atoms with Gasteiger partial charge in [-0.15, -0.1) is 11.6 Å². The molecule has 0 aliphatic rings. The fourth-order valence-electron chi connectivity index (χ4n) is 2.19. The molecule has 0 heterocycles. The molecule has 0 radical (unpaired) electrons. The lowest BCUT2D eigenvalue weighted by molar-refractivity contribution is 0.340. The van der Waals surface area contributed by atoms with E-state index in [0.717, 1.165) is 0 Å². The maximum atomic E-state index is 13.1. The molecular formula is C18H20ClFN2O3S. The van der Waals surface area contributed by atoms with Gasteiger partial charge in [0.1, 0.15) is 11.6 Å². The van der Waals surface area contributed by atoms with E-state index in [0.29, 0.717) is 42.4 Å². The van der Waals surface area contributed by atoms with E-state index < -0.39 is 10.0 Å². The normalized spacial score (nSPS) is 12.0. The summed E-state index contributed by atoms with van der Waals surface area (Å²) in [6, 6.07) is 11.7. The van der Waals surface area contributed by atoms with E-state index in [1.165, 1.54) is 24.3 Å². The molecule has 26 heavy (non-hydrogen) atoms. The molecule has 0 fully saturated rings. The van der Waals surface area contributed by atoms with Crippen molar-refractivity contribution >= 4 is 27.3 Å². The Kier molecular flexibility index (Phi) is 7.41. The predicted molar refractivity (Wildman–Crippen MR) is 101 cm³/mol. The van der Waals surface area contributed by atoms with Crippen LogP contribution >= 0.6 is 11.6 Å². The van der Waals surface area contributed by atoms with Crippen molar-refractivity contribution in [2.75, 3.05) is 12.5 Å². The Labute approximate surface area is 157 Å². The van der Waals surface area contributed by atoms with Crippen molar-refractivity contribution in [1.82, 2.24) is 4.83 Å². The number of sulfonamides is 1. The summed E-state index contributed by atoms with van der Waals surface area (Å²) >= 11 is 5.72. The minimum atomic E-state index is -3.83.